The molecule has 0 aliphatic heterocycles. The monoisotopic (exact) mass is 339 g/mol. The van der Waals surface area contributed by atoms with Gasteiger partial charge >= 0.3 is 0 Å². The minimum absolute atomic E-state index is 0.0144. The van der Waals surface area contributed by atoms with Crippen LogP contribution < -0.4 is 5.32 Å². The SMILES string of the molecule is CC(NCC(O)c1c(F)cccc1F)c1ccc(S(C)=O)cc1. The summed E-state index contributed by atoms with van der Waals surface area (Å²) < 4.78 is 38.6. The van der Waals surface area contributed by atoms with Gasteiger partial charge < -0.3 is 10.4 Å². The second kappa shape index (κ2) is 7.77. The number of benzene rings is 2. The lowest BCUT2D eigenvalue weighted by Gasteiger charge is -2.18. The van der Waals surface area contributed by atoms with E-state index in [-0.39, 0.29) is 18.2 Å². The average molecular weight is 339 g/mol. The third-order valence-electron chi connectivity index (χ3n) is 3.66. The highest BCUT2D eigenvalue weighted by Crippen LogP contribution is 2.21. The Labute approximate surface area is 136 Å². The summed E-state index contributed by atoms with van der Waals surface area (Å²) in [6.07, 6.45) is 0.330. The number of hydrogen-bond acceptors (Lipinski definition) is 3. The lowest BCUT2D eigenvalue weighted by molar-refractivity contribution is 0.161. The number of nitrogens with one attached hydrogen (secondary N) is 1. The molecule has 0 spiro atoms. The van der Waals surface area contributed by atoms with Crippen molar-refractivity contribution in [2.24, 2.45) is 0 Å². The topological polar surface area (TPSA) is 49.3 Å². The van der Waals surface area contributed by atoms with E-state index < -0.39 is 28.5 Å². The van der Waals surface area contributed by atoms with Crippen LogP contribution in [0.3, 0.4) is 0 Å². The van der Waals surface area contributed by atoms with Crippen molar-refractivity contribution in [3.05, 3.63) is 65.2 Å². The van der Waals surface area contributed by atoms with E-state index in [2.05, 4.69) is 5.32 Å². The average Bonchev–Trinajstić information content (AvgIpc) is 2.52. The number of halogens is 2. The van der Waals surface area contributed by atoms with Gasteiger partial charge in [0, 0.05) is 34.5 Å². The van der Waals surface area contributed by atoms with Gasteiger partial charge in [0.1, 0.15) is 11.6 Å². The van der Waals surface area contributed by atoms with E-state index in [1.807, 2.05) is 19.1 Å². The van der Waals surface area contributed by atoms with E-state index in [0.29, 0.717) is 0 Å². The van der Waals surface area contributed by atoms with Crippen molar-refractivity contribution in [1.82, 2.24) is 5.32 Å². The molecule has 3 unspecified atom stereocenters. The number of aliphatic hydroxyl groups excluding tert-OH is 1. The Balaban J connectivity index is 2.01. The fraction of sp³-hybridized carbons (Fsp3) is 0.294. The zero-order chi connectivity index (χ0) is 17.0. The largest absolute Gasteiger partial charge is 0.387 e. The summed E-state index contributed by atoms with van der Waals surface area (Å²) in [7, 11) is -1.04. The van der Waals surface area contributed by atoms with Crippen LogP contribution in [0.2, 0.25) is 0 Å². The number of aliphatic hydroxyl groups is 1. The summed E-state index contributed by atoms with van der Waals surface area (Å²) in [5, 5.41) is 13.1. The molecule has 6 heteroatoms. The molecule has 0 bridgehead atoms. The zero-order valence-corrected chi connectivity index (χ0v) is 13.7. The quantitative estimate of drug-likeness (QED) is 0.850. The van der Waals surface area contributed by atoms with Gasteiger partial charge in [0.2, 0.25) is 0 Å². The van der Waals surface area contributed by atoms with E-state index in [0.717, 1.165) is 22.6 Å². The molecule has 23 heavy (non-hydrogen) atoms. The van der Waals surface area contributed by atoms with Gasteiger partial charge in [0.25, 0.3) is 0 Å². The van der Waals surface area contributed by atoms with Crippen LogP contribution in [-0.2, 0) is 10.8 Å². The number of hydrogen-bond donors (Lipinski definition) is 2. The van der Waals surface area contributed by atoms with Crippen molar-refractivity contribution < 1.29 is 18.1 Å². The van der Waals surface area contributed by atoms with Crippen molar-refractivity contribution in [2.75, 3.05) is 12.8 Å². The van der Waals surface area contributed by atoms with Gasteiger partial charge in [-0.1, -0.05) is 18.2 Å². The van der Waals surface area contributed by atoms with E-state index in [9.17, 15) is 18.1 Å². The summed E-state index contributed by atoms with van der Waals surface area (Å²) in [6.45, 7) is 1.89. The Morgan fingerprint density at radius 2 is 1.70 bits per heavy atom. The van der Waals surface area contributed by atoms with Crippen LogP contribution in [0.15, 0.2) is 47.4 Å². The molecule has 3 atom stereocenters. The van der Waals surface area contributed by atoms with Gasteiger partial charge in [-0.3, -0.25) is 4.21 Å². The second-order valence-corrected chi connectivity index (χ2v) is 6.68. The minimum atomic E-state index is -1.28. The smallest absolute Gasteiger partial charge is 0.131 e. The highest BCUT2D eigenvalue weighted by Gasteiger charge is 2.18. The maximum atomic E-state index is 13.6. The van der Waals surface area contributed by atoms with Crippen LogP contribution in [0, 0.1) is 11.6 Å². The van der Waals surface area contributed by atoms with Gasteiger partial charge in [-0.2, -0.15) is 0 Å². The highest BCUT2D eigenvalue weighted by atomic mass is 32.2. The molecule has 0 aliphatic rings. The van der Waals surface area contributed by atoms with Crippen molar-refractivity contribution in [3.63, 3.8) is 0 Å². The molecule has 0 heterocycles. The third kappa shape index (κ3) is 4.43. The van der Waals surface area contributed by atoms with Gasteiger partial charge in [-0.15, -0.1) is 0 Å². The first-order chi connectivity index (χ1) is 10.9. The molecule has 2 aromatic rings. The molecule has 2 aromatic carbocycles. The summed E-state index contributed by atoms with van der Waals surface area (Å²) in [5.41, 5.74) is 0.601. The predicted octanol–water partition coefficient (Wildman–Crippen LogP) is 3.09. The van der Waals surface area contributed by atoms with Gasteiger partial charge in [-0.25, -0.2) is 8.78 Å². The standard InChI is InChI=1S/C17H19F2NO2S/c1-11(12-6-8-13(9-7-12)23(2)22)20-10-16(21)17-14(18)4-3-5-15(17)19/h3-9,11,16,20-21H,10H2,1-2H3. The van der Waals surface area contributed by atoms with Gasteiger partial charge in [-0.05, 0) is 36.8 Å². The predicted molar refractivity (Wildman–Crippen MR) is 86.5 cm³/mol. The molecule has 0 saturated heterocycles. The maximum absolute atomic E-state index is 13.6. The van der Waals surface area contributed by atoms with Crippen molar-refractivity contribution in [3.8, 4) is 0 Å². The second-order valence-electron chi connectivity index (χ2n) is 5.30. The lowest BCUT2D eigenvalue weighted by atomic mass is 10.1. The van der Waals surface area contributed by atoms with E-state index in [1.54, 1.807) is 18.4 Å². The summed E-state index contributed by atoms with van der Waals surface area (Å²) in [6, 6.07) is 10.6. The first-order valence-electron chi connectivity index (χ1n) is 7.19. The molecule has 124 valence electrons. The van der Waals surface area contributed by atoms with Gasteiger partial charge in [0.15, 0.2) is 0 Å². The third-order valence-corrected chi connectivity index (χ3v) is 4.60. The molecule has 2 rings (SSSR count). The molecule has 0 saturated carbocycles. The Hall–Kier alpha value is -1.63. The van der Waals surface area contributed by atoms with Crippen LogP contribution >= 0.6 is 0 Å². The van der Waals surface area contributed by atoms with Crippen LogP contribution in [0.4, 0.5) is 8.78 Å². The molecule has 3 nitrogen and oxygen atoms in total. The van der Waals surface area contributed by atoms with E-state index in [4.69, 9.17) is 0 Å². The molecule has 2 N–H and O–H groups in total. The van der Waals surface area contributed by atoms with Crippen molar-refractivity contribution in [2.45, 2.75) is 24.0 Å². The van der Waals surface area contributed by atoms with Crippen LogP contribution in [0.5, 0.6) is 0 Å². The number of rotatable bonds is 6. The van der Waals surface area contributed by atoms with Crippen molar-refractivity contribution in [1.29, 1.82) is 0 Å². The van der Waals surface area contributed by atoms with E-state index >= 15 is 0 Å². The Kier molecular flexibility index (Phi) is 5.98. The molecule has 0 aromatic heterocycles. The molecular formula is C17H19F2NO2S. The first kappa shape index (κ1) is 17.7. The summed E-state index contributed by atoms with van der Waals surface area (Å²) in [5.74, 6) is -1.52. The van der Waals surface area contributed by atoms with Crippen LogP contribution in [0.1, 0.15) is 30.2 Å². The first-order valence-corrected chi connectivity index (χ1v) is 8.74. The lowest BCUT2D eigenvalue weighted by Crippen LogP contribution is -2.25. The molecule has 0 aliphatic carbocycles. The summed E-state index contributed by atoms with van der Waals surface area (Å²) in [4.78, 5) is 0.731. The normalized spacial score (nSPS) is 15.2. The molecule has 0 amide bonds. The minimum Gasteiger partial charge on any atom is -0.387 e. The van der Waals surface area contributed by atoms with Crippen molar-refractivity contribution >= 4 is 10.8 Å². The molecule has 0 radical (unpaired) electrons. The zero-order valence-electron chi connectivity index (χ0n) is 12.9. The van der Waals surface area contributed by atoms with Crippen LogP contribution in [0.25, 0.3) is 0 Å². The fourth-order valence-corrected chi connectivity index (χ4v) is 2.80. The highest BCUT2D eigenvalue weighted by molar-refractivity contribution is 7.84. The fourth-order valence-electron chi connectivity index (χ4n) is 2.29. The maximum Gasteiger partial charge on any atom is 0.131 e. The molecular weight excluding hydrogens is 320 g/mol. The van der Waals surface area contributed by atoms with Crippen LogP contribution in [-0.4, -0.2) is 22.1 Å². The Morgan fingerprint density at radius 1 is 1.13 bits per heavy atom. The van der Waals surface area contributed by atoms with E-state index in [1.165, 1.54) is 6.07 Å². The Morgan fingerprint density at radius 3 is 2.22 bits per heavy atom. The van der Waals surface area contributed by atoms with Gasteiger partial charge in [0.05, 0.1) is 11.7 Å². The summed E-state index contributed by atoms with van der Waals surface area (Å²) >= 11 is 0. The Bertz CT molecular complexity index is 671. The molecule has 0 fully saturated rings.